The fourth-order valence-corrected chi connectivity index (χ4v) is 4.13. The van der Waals surface area contributed by atoms with E-state index < -0.39 is 0 Å². The Hall–Kier alpha value is -3.67. The molecular formula is C25H25N5O. The Bertz CT molecular complexity index is 1170. The van der Waals surface area contributed by atoms with E-state index in [1.165, 1.54) is 25.7 Å². The Morgan fingerprint density at radius 1 is 0.871 bits per heavy atom. The highest BCUT2D eigenvalue weighted by Gasteiger charge is 2.13. The summed E-state index contributed by atoms with van der Waals surface area (Å²) in [5.41, 5.74) is 4.13. The van der Waals surface area contributed by atoms with Gasteiger partial charge in [0.2, 0.25) is 0 Å². The molecule has 5 rings (SSSR count). The van der Waals surface area contributed by atoms with Crippen LogP contribution in [-0.4, -0.2) is 34.2 Å². The van der Waals surface area contributed by atoms with Crippen molar-refractivity contribution in [1.29, 1.82) is 0 Å². The number of hydrogen-bond acceptors (Lipinski definition) is 4. The lowest BCUT2D eigenvalue weighted by Gasteiger charge is -2.20. The van der Waals surface area contributed by atoms with E-state index in [0.29, 0.717) is 5.56 Å². The van der Waals surface area contributed by atoms with E-state index in [1.54, 1.807) is 6.20 Å². The number of fused-ring (bicyclic) bond motifs is 1. The van der Waals surface area contributed by atoms with Gasteiger partial charge >= 0.3 is 0 Å². The summed E-state index contributed by atoms with van der Waals surface area (Å²) >= 11 is 0. The molecule has 0 bridgehead atoms. The van der Waals surface area contributed by atoms with E-state index in [2.05, 4.69) is 31.5 Å². The highest BCUT2D eigenvalue weighted by atomic mass is 16.1. The summed E-state index contributed by atoms with van der Waals surface area (Å²) in [4.78, 5) is 18.2. The SMILES string of the molecule is O=C(Nc1ccc(-c2ccc(N3CCCCCC3)nn2)cc1)c1c[nH]c2ccccc12. The van der Waals surface area contributed by atoms with Crippen molar-refractivity contribution in [3.8, 4) is 11.3 Å². The lowest BCUT2D eigenvalue weighted by atomic mass is 10.1. The van der Waals surface area contributed by atoms with Crippen molar-refractivity contribution in [3.63, 3.8) is 0 Å². The van der Waals surface area contributed by atoms with Crippen LogP contribution < -0.4 is 10.2 Å². The maximum atomic E-state index is 12.7. The lowest BCUT2D eigenvalue weighted by Crippen LogP contribution is -2.25. The average Bonchev–Trinajstić information content (AvgIpc) is 3.06. The minimum absolute atomic E-state index is 0.133. The smallest absolute Gasteiger partial charge is 0.257 e. The molecule has 6 nitrogen and oxygen atoms in total. The molecular weight excluding hydrogens is 386 g/mol. The molecule has 0 aliphatic carbocycles. The van der Waals surface area contributed by atoms with Crippen molar-refractivity contribution in [1.82, 2.24) is 15.2 Å². The molecule has 0 radical (unpaired) electrons. The van der Waals surface area contributed by atoms with Crippen LogP contribution >= 0.6 is 0 Å². The van der Waals surface area contributed by atoms with Crippen LogP contribution in [-0.2, 0) is 0 Å². The first-order valence-corrected chi connectivity index (χ1v) is 10.8. The van der Waals surface area contributed by atoms with Crippen LogP contribution in [0.5, 0.6) is 0 Å². The van der Waals surface area contributed by atoms with Crippen molar-refractivity contribution < 1.29 is 4.79 Å². The van der Waals surface area contributed by atoms with Crippen LogP contribution in [0, 0.1) is 0 Å². The second kappa shape index (κ2) is 8.60. The highest BCUT2D eigenvalue weighted by Crippen LogP contribution is 2.23. The number of rotatable bonds is 4. The summed E-state index contributed by atoms with van der Waals surface area (Å²) in [6.45, 7) is 2.11. The standard InChI is InChI=1S/C25H25N5O/c31-25(21-17-26-23-8-4-3-7-20(21)23)27-19-11-9-18(10-12-19)22-13-14-24(29-28-22)30-15-5-1-2-6-16-30/h3-4,7-14,17,26H,1-2,5-6,15-16H2,(H,27,31). The van der Waals surface area contributed by atoms with Crippen LogP contribution in [0.4, 0.5) is 11.5 Å². The molecule has 4 aromatic rings. The van der Waals surface area contributed by atoms with Gasteiger partial charge in [-0.3, -0.25) is 4.79 Å². The molecule has 0 atom stereocenters. The van der Waals surface area contributed by atoms with Gasteiger partial charge < -0.3 is 15.2 Å². The van der Waals surface area contributed by atoms with Gasteiger partial charge in [0.05, 0.1) is 11.3 Å². The molecule has 1 amide bonds. The summed E-state index contributed by atoms with van der Waals surface area (Å²) in [7, 11) is 0. The molecule has 0 unspecified atom stereocenters. The fraction of sp³-hybridized carbons (Fsp3) is 0.240. The average molecular weight is 412 g/mol. The molecule has 2 aromatic heterocycles. The van der Waals surface area contributed by atoms with Crippen molar-refractivity contribution in [2.75, 3.05) is 23.3 Å². The number of H-pyrrole nitrogens is 1. The van der Waals surface area contributed by atoms with Gasteiger partial charge in [-0.25, -0.2) is 0 Å². The zero-order chi connectivity index (χ0) is 21.0. The Morgan fingerprint density at radius 3 is 2.39 bits per heavy atom. The van der Waals surface area contributed by atoms with Crippen molar-refractivity contribution >= 4 is 28.3 Å². The van der Waals surface area contributed by atoms with Crippen LogP contribution in [0.15, 0.2) is 66.9 Å². The normalized spacial score (nSPS) is 14.4. The maximum absolute atomic E-state index is 12.7. The van der Waals surface area contributed by atoms with Gasteiger partial charge in [0.1, 0.15) is 0 Å². The first kappa shape index (κ1) is 19.3. The van der Waals surface area contributed by atoms with E-state index in [4.69, 9.17) is 0 Å². The zero-order valence-electron chi connectivity index (χ0n) is 17.3. The summed E-state index contributed by atoms with van der Waals surface area (Å²) in [5.74, 6) is 0.819. The number of carbonyl (C=O) groups excluding carboxylic acids is 1. The molecule has 0 spiro atoms. The second-order valence-corrected chi connectivity index (χ2v) is 7.96. The van der Waals surface area contributed by atoms with Gasteiger partial charge in [-0.2, -0.15) is 0 Å². The third-order valence-corrected chi connectivity index (χ3v) is 5.85. The number of para-hydroxylation sites is 1. The predicted molar refractivity (Wildman–Crippen MR) is 124 cm³/mol. The van der Waals surface area contributed by atoms with Crippen molar-refractivity contribution in [2.45, 2.75) is 25.7 Å². The monoisotopic (exact) mass is 411 g/mol. The molecule has 2 aromatic carbocycles. The molecule has 6 heteroatoms. The van der Waals surface area contributed by atoms with Gasteiger partial charge in [-0.05, 0) is 43.2 Å². The number of hydrogen-bond donors (Lipinski definition) is 2. The summed E-state index contributed by atoms with van der Waals surface area (Å²) < 4.78 is 0. The fourth-order valence-electron chi connectivity index (χ4n) is 4.13. The van der Waals surface area contributed by atoms with Gasteiger partial charge in [-0.1, -0.05) is 43.2 Å². The van der Waals surface area contributed by atoms with Crippen molar-refractivity contribution in [3.05, 3.63) is 72.4 Å². The molecule has 1 saturated heterocycles. The number of aromatic nitrogens is 3. The molecule has 1 fully saturated rings. The molecule has 1 aliphatic heterocycles. The molecule has 0 saturated carbocycles. The number of aromatic amines is 1. The molecule has 156 valence electrons. The van der Waals surface area contributed by atoms with Gasteiger partial charge in [-0.15, -0.1) is 10.2 Å². The third kappa shape index (κ3) is 4.14. The molecule has 3 heterocycles. The minimum Gasteiger partial charge on any atom is -0.360 e. The number of nitrogens with zero attached hydrogens (tertiary/aromatic N) is 3. The number of anilines is 2. The molecule has 1 aliphatic rings. The van der Waals surface area contributed by atoms with E-state index in [9.17, 15) is 4.79 Å². The topological polar surface area (TPSA) is 73.9 Å². The Labute approximate surface area is 181 Å². The van der Waals surface area contributed by atoms with Crippen LogP contribution in [0.25, 0.3) is 22.2 Å². The minimum atomic E-state index is -0.133. The highest BCUT2D eigenvalue weighted by molar-refractivity contribution is 6.12. The number of carbonyl (C=O) groups is 1. The van der Waals surface area contributed by atoms with Crippen LogP contribution in [0.3, 0.4) is 0 Å². The number of nitrogens with one attached hydrogen (secondary N) is 2. The van der Waals surface area contributed by atoms with Crippen LogP contribution in [0.2, 0.25) is 0 Å². The number of benzene rings is 2. The quantitative estimate of drug-likeness (QED) is 0.480. The molecule has 2 N–H and O–H groups in total. The third-order valence-electron chi connectivity index (χ3n) is 5.85. The van der Waals surface area contributed by atoms with E-state index in [1.807, 2.05) is 54.6 Å². The van der Waals surface area contributed by atoms with Crippen molar-refractivity contribution in [2.24, 2.45) is 0 Å². The largest absolute Gasteiger partial charge is 0.360 e. The summed E-state index contributed by atoms with van der Waals surface area (Å²) in [6, 6.07) is 19.6. The summed E-state index contributed by atoms with van der Waals surface area (Å²) in [6.07, 6.45) is 6.77. The Kier molecular flexibility index (Phi) is 5.35. The maximum Gasteiger partial charge on any atom is 0.257 e. The van der Waals surface area contributed by atoms with Gasteiger partial charge in [0.15, 0.2) is 5.82 Å². The first-order chi connectivity index (χ1) is 15.3. The zero-order valence-corrected chi connectivity index (χ0v) is 17.3. The second-order valence-electron chi connectivity index (χ2n) is 7.96. The van der Waals surface area contributed by atoms with E-state index >= 15 is 0 Å². The van der Waals surface area contributed by atoms with Crippen LogP contribution in [0.1, 0.15) is 36.0 Å². The summed E-state index contributed by atoms with van der Waals surface area (Å²) in [5, 5.41) is 12.8. The van der Waals surface area contributed by atoms with E-state index in [0.717, 1.165) is 46.8 Å². The predicted octanol–water partition coefficient (Wildman–Crippen LogP) is 5.26. The first-order valence-electron chi connectivity index (χ1n) is 10.8. The Morgan fingerprint density at radius 2 is 1.65 bits per heavy atom. The Balaban J connectivity index is 1.28. The number of amides is 1. The van der Waals surface area contributed by atoms with E-state index in [-0.39, 0.29) is 5.91 Å². The van der Waals surface area contributed by atoms with Gasteiger partial charge in [0, 0.05) is 41.4 Å². The lowest BCUT2D eigenvalue weighted by molar-refractivity contribution is 0.102. The molecule has 31 heavy (non-hydrogen) atoms. The van der Waals surface area contributed by atoms with Gasteiger partial charge in [0.25, 0.3) is 5.91 Å².